The highest BCUT2D eigenvalue weighted by atomic mass is 16.5. The molecule has 9 nitrogen and oxygen atoms in total. The minimum absolute atomic E-state index is 0.0141. The molecule has 0 aliphatic carbocycles. The van der Waals surface area contributed by atoms with Crippen LogP contribution in [0.5, 0.6) is 5.75 Å². The van der Waals surface area contributed by atoms with Gasteiger partial charge in [0.25, 0.3) is 0 Å². The van der Waals surface area contributed by atoms with E-state index in [1.807, 2.05) is 12.3 Å². The third-order valence-corrected chi connectivity index (χ3v) is 7.26. The summed E-state index contributed by atoms with van der Waals surface area (Å²) in [4.78, 5) is 13.8. The fourth-order valence-electron chi connectivity index (χ4n) is 5.53. The number of aromatic nitrogens is 3. The molecule has 3 N–H and O–H groups in total. The molecule has 36 heavy (non-hydrogen) atoms. The van der Waals surface area contributed by atoms with E-state index in [1.54, 1.807) is 7.11 Å². The van der Waals surface area contributed by atoms with Gasteiger partial charge in [0.2, 0.25) is 5.95 Å². The van der Waals surface area contributed by atoms with Crippen LogP contribution in [0.2, 0.25) is 0 Å². The Bertz CT molecular complexity index is 1190. The van der Waals surface area contributed by atoms with E-state index in [2.05, 4.69) is 61.8 Å². The van der Waals surface area contributed by atoms with E-state index >= 15 is 0 Å². The molecule has 4 heterocycles. The van der Waals surface area contributed by atoms with Crippen molar-refractivity contribution in [2.45, 2.75) is 44.9 Å². The lowest BCUT2D eigenvalue weighted by atomic mass is 9.91. The molecule has 9 heteroatoms. The van der Waals surface area contributed by atoms with Gasteiger partial charge in [-0.05, 0) is 31.2 Å². The maximum atomic E-state index is 6.12. The standard InChI is InChI=1S/C27H39N7O2/c1-4-5-6-10-29-25-24-22(30-26(28)31-25)9-11-34(24)16-21-8-7-20(14-23(21)35-3)15-33-18-27(19-33)17-32(2)12-13-36-27/h7-9,11,14H,4-6,10,12-13,15-19H2,1-3H3,(H3,28,29,30,31). The zero-order valence-electron chi connectivity index (χ0n) is 21.8. The van der Waals surface area contributed by atoms with Crippen molar-refractivity contribution in [3.8, 4) is 5.75 Å². The van der Waals surface area contributed by atoms with Crippen molar-refractivity contribution in [1.82, 2.24) is 24.3 Å². The minimum Gasteiger partial charge on any atom is -0.496 e. The molecule has 0 radical (unpaired) electrons. The van der Waals surface area contributed by atoms with Crippen molar-refractivity contribution in [2.75, 3.05) is 64.5 Å². The summed E-state index contributed by atoms with van der Waals surface area (Å²) in [5.74, 6) is 1.97. The number of nitrogens with zero attached hydrogens (tertiary/aromatic N) is 5. The highest BCUT2D eigenvalue weighted by Crippen LogP contribution is 2.32. The number of morpholine rings is 1. The average molecular weight is 494 g/mol. The molecule has 2 saturated heterocycles. The number of ether oxygens (including phenoxy) is 2. The van der Waals surface area contributed by atoms with Gasteiger partial charge < -0.3 is 30.0 Å². The topological polar surface area (TPSA) is 93.7 Å². The number of benzene rings is 1. The number of unbranched alkanes of at least 4 members (excludes halogenated alkanes) is 2. The lowest BCUT2D eigenvalue weighted by Gasteiger charge is -2.53. The lowest BCUT2D eigenvalue weighted by Crippen LogP contribution is -2.69. The molecule has 194 valence electrons. The summed E-state index contributed by atoms with van der Waals surface area (Å²) in [6, 6.07) is 8.54. The number of methoxy groups -OCH3 is 1. The Morgan fingerprint density at radius 1 is 1.14 bits per heavy atom. The van der Waals surface area contributed by atoms with Crippen molar-refractivity contribution in [3.05, 3.63) is 41.6 Å². The van der Waals surface area contributed by atoms with Crippen LogP contribution in [-0.2, 0) is 17.8 Å². The van der Waals surface area contributed by atoms with Gasteiger partial charge in [0.15, 0.2) is 5.82 Å². The zero-order chi connectivity index (χ0) is 25.1. The highest BCUT2D eigenvalue weighted by molar-refractivity contribution is 5.87. The average Bonchev–Trinajstić information content (AvgIpc) is 3.24. The number of anilines is 2. The molecule has 3 aromatic rings. The molecule has 2 aliphatic rings. The first kappa shape index (κ1) is 24.8. The van der Waals surface area contributed by atoms with Crippen LogP contribution in [0.3, 0.4) is 0 Å². The number of nitrogens with two attached hydrogens (primary N) is 1. The number of nitrogen functional groups attached to an aromatic ring is 1. The second-order valence-corrected chi connectivity index (χ2v) is 10.3. The Morgan fingerprint density at radius 2 is 2.00 bits per heavy atom. The van der Waals surface area contributed by atoms with Crippen LogP contribution in [0.25, 0.3) is 11.0 Å². The normalized spacial score (nSPS) is 18.0. The Kier molecular flexibility index (Phi) is 7.32. The quantitative estimate of drug-likeness (QED) is 0.416. The molecule has 1 spiro atoms. The first-order chi connectivity index (χ1) is 17.5. The van der Waals surface area contributed by atoms with Crippen LogP contribution in [0.4, 0.5) is 11.8 Å². The fraction of sp³-hybridized carbons (Fsp3) is 0.556. The van der Waals surface area contributed by atoms with Crippen LogP contribution in [0.1, 0.15) is 37.3 Å². The van der Waals surface area contributed by atoms with E-state index in [1.165, 1.54) is 18.4 Å². The number of rotatable bonds is 10. The van der Waals surface area contributed by atoms with Gasteiger partial charge >= 0.3 is 0 Å². The summed E-state index contributed by atoms with van der Waals surface area (Å²) in [6.45, 7) is 9.45. The summed E-state index contributed by atoms with van der Waals surface area (Å²) >= 11 is 0. The van der Waals surface area contributed by atoms with Gasteiger partial charge in [0, 0.05) is 51.0 Å². The molecule has 2 aliphatic heterocycles. The molecule has 2 fully saturated rings. The van der Waals surface area contributed by atoms with E-state index < -0.39 is 0 Å². The van der Waals surface area contributed by atoms with Crippen LogP contribution in [0.15, 0.2) is 30.5 Å². The van der Waals surface area contributed by atoms with Crippen LogP contribution >= 0.6 is 0 Å². The number of hydrogen-bond acceptors (Lipinski definition) is 8. The second-order valence-electron chi connectivity index (χ2n) is 10.3. The predicted molar refractivity (Wildman–Crippen MR) is 144 cm³/mol. The number of likely N-dealkylation sites (N-methyl/N-ethyl adjacent to an activating group) is 1. The van der Waals surface area contributed by atoms with Crippen molar-refractivity contribution >= 4 is 22.8 Å². The summed E-state index contributed by atoms with van der Waals surface area (Å²) < 4.78 is 14.1. The van der Waals surface area contributed by atoms with Gasteiger partial charge in [-0.15, -0.1) is 0 Å². The van der Waals surface area contributed by atoms with Crippen LogP contribution < -0.4 is 15.8 Å². The van der Waals surface area contributed by atoms with Gasteiger partial charge in [-0.1, -0.05) is 31.9 Å². The van der Waals surface area contributed by atoms with E-state index in [0.717, 1.165) is 80.5 Å². The van der Waals surface area contributed by atoms with Crippen molar-refractivity contribution < 1.29 is 9.47 Å². The van der Waals surface area contributed by atoms with Crippen LogP contribution in [-0.4, -0.2) is 83.4 Å². The third-order valence-electron chi connectivity index (χ3n) is 7.26. The maximum Gasteiger partial charge on any atom is 0.222 e. The van der Waals surface area contributed by atoms with Gasteiger partial charge in [-0.3, -0.25) is 4.90 Å². The predicted octanol–water partition coefficient (Wildman–Crippen LogP) is 3.19. The van der Waals surface area contributed by atoms with Gasteiger partial charge in [0.1, 0.15) is 16.9 Å². The molecule has 0 atom stereocenters. The van der Waals surface area contributed by atoms with E-state index in [4.69, 9.17) is 15.2 Å². The van der Waals surface area contributed by atoms with Crippen molar-refractivity contribution in [3.63, 3.8) is 0 Å². The van der Waals surface area contributed by atoms with E-state index in [-0.39, 0.29) is 5.60 Å². The second kappa shape index (κ2) is 10.6. The molecule has 0 saturated carbocycles. The fourth-order valence-corrected chi connectivity index (χ4v) is 5.53. The number of likely N-dealkylation sites (tertiary alicyclic amines) is 1. The van der Waals surface area contributed by atoms with Crippen LogP contribution in [0, 0.1) is 0 Å². The molecule has 1 aromatic carbocycles. The number of hydrogen-bond donors (Lipinski definition) is 2. The summed E-state index contributed by atoms with van der Waals surface area (Å²) in [5.41, 5.74) is 10.2. The molecule has 0 unspecified atom stereocenters. The van der Waals surface area contributed by atoms with E-state index in [0.29, 0.717) is 12.5 Å². The third kappa shape index (κ3) is 5.28. The molecular weight excluding hydrogens is 454 g/mol. The largest absolute Gasteiger partial charge is 0.496 e. The molecular formula is C27H39N7O2. The zero-order valence-corrected chi connectivity index (χ0v) is 21.8. The smallest absolute Gasteiger partial charge is 0.222 e. The Morgan fingerprint density at radius 3 is 2.78 bits per heavy atom. The van der Waals surface area contributed by atoms with Gasteiger partial charge in [-0.25, -0.2) is 4.98 Å². The summed E-state index contributed by atoms with van der Waals surface area (Å²) in [5, 5.41) is 3.47. The molecule has 5 rings (SSSR count). The first-order valence-corrected chi connectivity index (χ1v) is 13.1. The Balaban J connectivity index is 1.29. The van der Waals surface area contributed by atoms with E-state index in [9.17, 15) is 0 Å². The monoisotopic (exact) mass is 493 g/mol. The molecule has 2 aromatic heterocycles. The summed E-state index contributed by atoms with van der Waals surface area (Å²) in [6.07, 6.45) is 5.51. The number of nitrogens with one attached hydrogen (secondary N) is 1. The summed E-state index contributed by atoms with van der Waals surface area (Å²) in [7, 11) is 3.92. The molecule has 0 bridgehead atoms. The van der Waals surface area contributed by atoms with Gasteiger partial charge in [0.05, 0.1) is 25.8 Å². The number of fused-ring (bicyclic) bond motifs is 1. The minimum atomic E-state index is 0.0141. The maximum absolute atomic E-state index is 6.12. The molecule has 0 amide bonds. The lowest BCUT2D eigenvalue weighted by molar-refractivity contribution is -0.182. The highest BCUT2D eigenvalue weighted by Gasteiger charge is 2.46. The first-order valence-electron chi connectivity index (χ1n) is 13.1. The Labute approximate surface area is 213 Å². The van der Waals surface area contributed by atoms with Gasteiger partial charge in [-0.2, -0.15) is 4.98 Å². The van der Waals surface area contributed by atoms with Crippen molar-refractivity contribution in [1.29, 1.82) is 0 Å². The SMILES string of the molecule is CCCCCNc1nc(N)nc2ccn(Cc3ccc(CN4CC5(CN(C)CCO5)C4)cc3OC)c12. The Hall–Kier alpha value is -2.88. The van der Waals surface area contributed by atoms with Crippen molar-refractivity contribution in [2.24, 2.45) is 0 Å².